The van der Waals surface area contributed by atoms with E-state index in [1.165, 1.54) is 18.4 Å². The van der Waals surface area contributed by atoms with Gasteiger partial charge in [-0.15, -0.1) is 11.3 Å². The number of thiocarbonyl (C=S) groups is 1. The predicted molar refractivity (Wildman–Crippen MR) is 127 cm³/mol. The number of ether oxygens (including phenoxy) is 1. The first-order valence-electron chi connectivity index (χ1n) is 9.56. The number of nitrogens with zero attached hydrogens (tertiary/aromatic N) is 2. The van der Waals surface area contributed by atoms with Crippen molar-refractivity contribution in [1.29, 1.82) is 0 Å². The molecule has 7 nitrogen and oxygen atoms in total. The molecule has 0 atom stereocenters. The summed E-state index contributed by atoms with van der Waals surface area (Å²) in [6, 6.07) is 7.23. The molecule has 2 N–H and O–H groups in total. The Morgan fingerprint density at radius 3 is 2.74 bits per heavy atom. The molecule has 1 aliphatic rings. The van der Waals surface area contributed by atoms with E-state index >= 15 is 0 Å². The number of amides is 1. The SMILES string of the molecule is COC(=O)c1c(NC(=S)NC(=O)c2ccc(Cn3cc(Br)cn3)cc2)sc2c1CCC2. The van der Waals surface area contributed by atoms with Gasteiger partial charge in [0, 0.05) is 16.6 Å². The molecule has 0 saturated carbocycles. The van der Waals surface area contributed by atoms with Gasteiger partial charge in [-0.25, -0.2) is 4.79 Å². The second kappa shape index (κ2) is 9.29. The monoisotopic (exact) mass is 518 g/mol. The van der Waals surface area contributed by atoms with E-state index in [2.05, 4.69) is 31.7 Å². The summed E-state index contributed by atoms with van der Waals surface area (Å²) in [4.78, 5) is 26.0. The topological polar surface area (TPSA) is 85.3 Å². The van der Waals surface area contributed by atoms with Crippen LogP contribution in [0.3, 0.4) is 0 Å². The molecule has 0 fully saturated rings. The maximum atomic E-state index is 12.6. The van der Waals surface area contributed by atoms with E-state index in [-0.39, 0.29) is 11.0 Å². The maximum absolute atomic E-state index is 12.6. The van der Waals surface area contributed by atoms with Crippen LogP contribution in [0.5, 0.6) is 0 Å². The third-order valence-corrected chi connectivity index (χ3v) is 6.75. The number of thiophene rings is 1. The lowest BCUT2D eigenvalue weighted by molar-refractivity contribution is 0.0601. The Morgan fingerprint density at radius 2 is 2.06 bits per heavy atom. The number of nitrogens with one attached hydrogen (secondary N) is 2. The number of carbonyl (C=O) groups is 2. The van der Waals surface area contributed by atoms with Crippen LogP contribution in [0.1, 0.15) is 43.1 Å². The van der Waals surface area contributed by atoms with Crippen LogP contribution < -0.4 is 10.6 Å². The molecule has 0 spiro atoms. The molecule has 2 aromatic heterocycles. The van der Waals surface area contributed by atoms with Crippen LogP contribution in [-0.4, -0.2) is 33.9 Å². The number of anilines is 1. The quantitative estimate of drug-likeness (QED) is 0.389. The van der Waals surface area contributed by atoms with Gasteiger partial charge < -0.3 is 10.1 Å². The normalized spacial score (nSPS) is 12.3. The third kappa shape index (κ3) is 4.86. The predicted octanol–water partition coefficient (Wildman–Crippen LogP) is 4.16. The molecule has 0 radical (unpaired) electrons. The van der Waals surface area contributed by atoms with E-state index in [0.717, 1.165) is 39.7 Å². The third-order valence-electron chi connectivity index (χ3n) is 4.93. The summed E-state index contributed by atoms with van der Waals surface area (Å²) >= 11 is 10.2. The highest BCUT2D eigenvalue weighted by atomic mass is 79.9. The number of hydrogen-bond donors (Lipinski definition) is 2. The van der Waals surface area contributed by atoms with Crippen molar-refractivity contribution < 1.29 is 14.3 Å². The molecule has 31 heavy (non-hydrogen) atoms. The lowest BCUT2D eigenvalue weighted by Crippen LogP contribution is -2.34. The van der Waals surface area contributed by atoms with Crippen LogP contribution in [0.25, 0.3) is 0 Å². The molecule has 1 aliphatic carbocycles. The zero-order valence-corrected chi connectivity index (χ0v) is 19.8. The second-order valence-corrected chi connectivity index (χ2v) is 9.44. The van der Waals surface area contributed by atoms with Crippen LogP contribution >= 0.6 is 39.5 Å². The van der Waals surface area contributed by atoms with Crippen LogP contribution in [-0.2, 0) is 24.1 Å². The van der Waals surface area contributed by atoms with Gasteiger partial charge in [0.1, 0.15) is 5.00 Å². The Morgan fingerprint density at radius 1 is 1.29 bits per heavy atom. The van der Waals surface area contributed by atoms with Gasteiger partial charge >= 0.3 is 5.97 Å². The van der Waals surface area contributed by atoms with Crippen molar-refractivity contribution in [2.24, 2.45) is 0 Å². The lowest BCUT2D eigenvalue weighted by Gasteiger charge is -2.11. The van der Waals surface area contributed by atoms with Gasteiger partial charge in [-0.3, -0.25) is 14.8 Å². The number of rotatable bonds is 5. The van der Waals surface area contributed by atoms with Crippen LogP contribution in [0.2, 0.25) is 0 Å². The van der Waals surface area contributed by atoms with Gasteiger partial charge in [0.15, 0.2) is 5.11 Å². The molecule has 10 heteroatoms. The van der Waals surface area contributed by atoms with Crippen molar-refractivity contribution in [3.8, 4) is 0 Å². The summed E-state index contributed by atoms with van der Waals surface area (Å²) in [5.74, 6) is -0.717. The van der Waals surface area contributed by atoms with Crippen molar-refractivity contribution in [1.82, 2.24) is 15.1 Å². The first kappa shape index (κ1) is 21.7. The minimum absolute atomic E-state index is 0.139. The van der Waals surface area contributed by atoms with E-state index in [0.29, 0.717) is 22.7 Å². The highest BCUT2D eigenvalue weighted by Gasteiger charge is 2.27. The summed E-state index contributed by atoms with van der Waals surface area (Å²) in [5, 5.41) is 10.7. The van der Waals surface area contributed by atoms with Crippen LogP contribution in [0.4, 0.5) is 5.00 Å². The van der Waals surface area contributed by atoms with Crippen LogP contribution in [0, 0.1) is 0 Å². The van der Waals surface area contributed by atoms with E-state index in [1.54, 1.807) is 23.0 Å². The molecule has 3 aromatic rings. The molecule has 0 aliphatic heterocycles. The van der Waals surface area contributed by atoms with Gasteiger partial charge in [0.2, 0.25) is 0 Å². The molecule has 1 amide bonds. The van der Waals surface area contributed by atoms with Crippen molar-refractivity contribution in [2.75, 3.05) is 12.4 Å². The fourth-order valence-electron chi connectivity index (χ4n) is 3.49. The number of benzene rings is 1. The Labute approximate surface area is 196 Å². The molecule has 0 bridgehead atoms. The van der Waals surface area contributed by atoms with E-state index in [9.17, 15) is 9.59 Å². The van der Waals surface area contributed by atoms with E-state index in [4.69, 9.17) is 17.0 Å². The zero-order chi connectivity index (χ0) is 22.0. The number of hydrogen-bond acceptors (Lipinski definition) is 6. The number of aromatic nitrogens is 2. The number of esters is 1. The van der Waals surface area contributed by atoms with E-state index in [1.807, 2.05) is 18.3 Å². The van der Waals surface area contributed by atoms with Crippen molar-refractivity contribution >= 4 is 61.5 Å². The molecule has 4 rings (SSSR count). The number of carbonyl (C=O) groups excluding carboxylic acids is 2. The second-order valence-electron chi connectivity index (χ2n) is 7.01. The van der Waals surface area contributed by atoms with Crippen LogP contribution in [0.15, 0.2) is 41.1 Å². The molecule has 1 aromatic carbocycles. The number of aryl methyl sites for hydroxylation is 1. The van der Waals surface area contributed by atoms with Gasteiger partial charge in [-0.05, 0) is 70.7 Å². The summed E-state index contributed by atoms with van der Waals surface area (Å²) in [5.41, 5.74) is 3.04. The number of fused-ring (bicyclic) bond motifs is 1. The Bertz CT molecular complexity index is 1150. The Kier molecular flexibility index (Phi) is 6.49. The standard InChI is InChI=1S/C21H19BrN4O3S2/c1-29-20(28)17-15-3-2-4-16(15)31-19(17)25-21(30)24-18(27)13-7-5-12(6-8-13)10-26-11-14(22)9-23-26/h5-9,11H,2-4,10H2,1H3,(H2,24,25,27,30). The summed E-state index contributed by atoms with van der Waals surface area (Å²) in [7, 11) is 1.36. The zero-order valence-electron chi connectivity index (χ0n) is 16.6. The summed E-state index contributed by atoms with van der Waals surface area (Å²) in [6.07, 6.45) is 6.42. The fraction of sp³-hybridized carbons (Fsp3) is 0.238. The highest BCUT2D eigenvalue weighted by molar-refractivity contribution is 9.10. The molecular weight excluding hydrogens is 500 g/mol. The average molecular weight is 519 g/mol. The number of halogens is 1. The van der Waals surface area contributed by atoms with E-state index < -0.39 is 5.97 Å². The highest BCUT2D eigenvalue weighted by Crippen LogP contribution is 2.39. The minimum atomic E-state index is -0.393. The first-order chi connectivity index (χ1) is 14.9. The fourth-order valence-corrected chi connectivity index (χ4v) is 5.36. The minimum Gasteiger partial charge on any atom is -0.465 e. The van der Waals surface area contributed by atoms with Gasteiger partial charge in [-0.1, -0.05) is 12.1 Å². The molecular formula is C21H19BrN4O3S2. The molecule has 0 unspecified atom stereocenters. The summed E-state index contributed by atoms with van der Waals surface area (Å²) in [6.45, 7) is 0.604. The lowest BCUT2D eigenvalue weighted by atomic mass is 10.1. The number of methoxy groups -OCH3 is 1. The molecule has 0 saturated heterocycles. The molecule has 2 heterocycles. The Hall–Kier alpha value is -2.56. The van der Waals surface area contributed by atoms with Crippen molar-refractivity contribution in [3.63, 3.8) is 0 Å². The molecule has 160 valence electrons. The van der Waals surface area contributed by atoms with Gasteiger partial charge in [-0.2, -0.15) is 5.10 Å². The van der Waals surface area contributed by atoms with Crippen molar-refractivity contribution in [3.05, 3.63) is 68.3 Å². The van der Waals surface area contributed by atoms with Gasteiger partial charge in [0.25, 0.3) is 5.91 Å². The average Bonchev–Trinajstić information content (AvgIpc) is 3.44. The first-order valence-corrected chi connectivity index (χ1v) is 11.6. The van der Waals surface area contributed by atoms with Crippen molar-refractivity contribution in [2.45, 2.75) is 25.8 Å². The largest absolute Gasteiger partial charge is 0.465 e. The Balaban J connectivity index is 1.40. The van der Waals surface area contributed by atoms with Gasteiger partial charge in [0.05, 0.1) is 29.9 Å². The maximum Gasteiger partial charge on any atom is 0.341 e. The smallest absolute Gasteiger partial charge is 0.341 e. The summed E-state index contributed by atoms with van der Waals surface area (Å²) < 4.78 is 7.65.